The fourth-order valence-corrected chi connectivity index (χ4v) is 2.46. The van der Waals surface area contributed by atoms with E-state index in [1.54, 1.807) is 0 Å². The van der Waals surface area contributed by atoms with Crippen molar-refractivity contribution in [3.63, 3.8) is 0 Å². The van der Waals surface area contributed by atoms with E-state index in [0.717, 1.165) is 38.8 Å². The third kappa shape index (κ3) is 4.37. The van der Waals surface area contributed by atoms with Gasteiger partial charge in [0.15, 0.2) is 5.82 Å². The fourth-order valence-electron chi connectivity index (χ4n) is 2.46. The Morgan fingerprint density at radius 2 is 2.05 bits per heavy atom. The molecule has 1 saturated heterocycles. The zero-order valence-corrected chi connectivity index (χ0v) is 12.4. The first-order valence-corrected chi connectivity index (χ1v) is 7.07. The molecule has 116 valence electrons. The van der Waals surface area contributed by atoms with Crippen molar-refractivity contribution >= 4 is 11.4 Å². The van der Waals surface area contributed by atoms with E-state index >= 15 is 0 Å². The molecular weight excluding hydrogens is 275 g/mol. The molecule has 0 aliphatic carbocycles. The molecule has 1 heterocycles. The molecule has 7 heteroatoms. The number of likely N-dealkylation sites (N-methyl/N-ethyl adjacent to an activating group) is 1. The summed E-state index contributed by atoms with van der Waals surface area (Å²) in [6.07, 6.45) is 0. The summed E-state index contributed by atoms with van der Waals surface area (Å²) in [7, 11) is 2.10. The lowest BCUT2D eigenvalue weighted by Gasteiger charge is -2.34. The monoisotopic (exact) mass is 296 g/mol. The van der Waals surface area contributed by atoms with Crippen LogP contribution in [-0.4, -0.2) is 60.5 Å². The maximum Gasteiger partial charge on any atom is 0.272 e. The number of rotatable bonds is 5. The molecular formula is C14H21FN4O2. The van der Waals surface area contributed by atoms with Crippen LogP contribution in [0.4, 0.5) is 15.8 Å². The van der Waals surface area contributed by atoms with Gasteiger partial charge in [-0.15, -0.1) is 0 Å². The van der Waals surface area contributed by atoms with Crippen LogP contribution in [0.1, 0.15) is 6.92 Å². The SMILES string of the molecule is C[C@H](CN1CCN(C)CC1)Nc1ccc([N+](=O)[O-])cc1F. The fraction of sp³-hybridized carbons (Fsp3) is 0.571. The van der Waals surface area contributed by atoms with Gasteiger partial charge in [0, 0.05) is 44.8 Å². The van der Waals surface area contributed by atoms with E-state index in [2.05, 4.69) is 22.2 Å². The molecule has 6 nitrogen and oxygen atoms in total. The Bertz CT molecular complexity index is 504. The van der Waals surface area contributed by atoms with Crippen LogP contribution in [0.5, 0.6) is 0 Å². The van der Waals surface area contributed by atoms with Gasteiger partial charge in [0.25, 0.3) is 5.69 Å². The zero-order chi connectivity index (χ0) is 15.4. The first-order chi connectivity index (χ1) is 9.95. The van der Waals surface area contributed by atoms with E-state index in [1.165, 1.54) is 12.1 Å². The molecule has 1 atom stereocenters. The van der Waals surface area contributed by atoms with Crippen LogP contribution in [0.15, 0.2) is 18.2 Å². The van der Waals surface area contributed by atoms with Crippen LogP contribution in [0, 0.1) is 15.9 Å². The maximum absolute atomic E-state index is 13.8. The Kier molecular flexibility index (Phi) is 5.08. The largest absolute Gasteiger partial charge is 0.379 e. The number of piperazine rings is 1. The summed E-state index contributed by atoms with van der Waals surface area (Å²) in [6.45, 7) is 6.90. The van der Waals surface area contributed by atoms with E-state index in [0.29, 0.717) is 5.69 Å². The number of halogens is 1. The molecule has 1 aliphatic heterocycles. The minimum atomic E-state index is -0.597. The Morgan fingerprint density at radius 1 is 1.38 bits per heavy atom. The summed E-state index contributed by atoms with van der Waals surface area (Å²) in [5.41, 5.74) is 0.0759. The number of benzene rings is 1. The van der Waals surface area contributed by atoms with Gasteiger partial charge in [-0.1, -0.05) is 0 Å². The average molecular weight is 296 g/mol. The van der Waals surface area contributed by atoms with E-state index in [4.69, 9.17) is 0 Å². The Morgan fingerprint density at radius 3 is 2.62 bits per heavy atom. The third-order valence-electron chi connectivity index (χ3n) is 3.69. The molecule has 0 amide bonds. The van der Waals surface area contributed by atoms with Gasteiger partial charge in [0.2, 0.25) is 0 Å². The number of hydrogen-bond acceptors (Lipinski definition) is 5. The zero-order valence-electron chi connectivity index (χ0n) is 12.4. The lowest BCUT2D eigenvalue weighted by Crippen LogP contribution is -2.47. The number of nitro groups is 1. The van der Waals surface area contributed by atoms with Crippen molar-refractivity contribution < 1.29 is 9.31 Å². The van der Waals surface area contributed by atoms with Crippen molar-refractivity contribution in [3.8, 4) is 0 Å². The van der Waals surface area contributed by atoms with Crippen LogP contribution in [-0.2, 0) is 0 Å². The molecule has 0 radical (unpaired) electrons. The topological polar surface area (TPSA) is 61.6 Å². The lowest BCUT2D eigenvalue weighted by molar-refractivity contribution is -0.385. The van der Waals surface area contributed by atoms with E-state index in [9.17, 15) is 14.5 Å². The van der Waals surface area contributed by atoms with Crippen molar-refractivity contribution in [2.24, 2.45) is 0 Å². The molecule has 0 spiro atoms. The molecule has 0 aromatic heterocycles. The smallest absolute Gasteiger partial charge is 0.272 e. The van der Waals surface area contributed by atoms with Crippen LogP contribution in [0.3, 0.4) is 0 Å². The molecule has 1 fully saturated rings. The van der Waals surface area contributed by atoms with Crippen LogP contribution >= 0.6 is 0 Å². The predicted molar refractivity (Wildman–Crippen MR) is 80.1 cm³/mol. The predicted octanol–water partition coefficient (Wildman–Crippen LogP) is 1.78. The normalized spacial score (nSPS) is 18.4. The summed E-state index contributed by atoms with van der Waals surface area (Å²) in [4.78, 5) is 14.6. The molecule has 2 rings (SSSR count). The summed E-state index contributed by atoms with van der Waals surface area (Å²) < 4.78 is 13.8. The van der Waals surface area contributed by atoms with Crippen LogP contribution in [0.25, 0.3) is 0 Å². The molecule has 1 aromatic rings. The van der Waals surface area contributed by atoms with Gasteiger partial charge in [-0.2, -0.15) is 0 Å². The minimum Gasteiger partial charge on any atom is -0.379 e. The van der Waals surface area contributed by atoms with E-state index in [1.807, 2.05) is 6.92 Å². The Balaban J connectivity index is 1.90. The van der Waals surface area contributed by atoms with Gasteiger partial charge in [-0.05, 0) is 20.0 Å². The third-order valence-corrected chi connectivity index (χ3v) is 3.69. The van der Waals surface area contributed by atoms with Crippen LogP contribution < -0.4 is 5.32 Å². The van der Waals surface area contributed by atoms with Crippen molar-refractivity contribution in [1.82, 2.24) is 9.80 Å². The second kappa shape index (κ2) is 6.82. The highest BCUT2D eigenvalue weighted by molar-refractivity contribution is 5.50. The van der Waals surface area contributed by atoms with Gasteiger partial charge in [0.1, 0.15) is 0 Å². The average Bonchev–Trinajstić information content (AvgIpc) is 2.43. The molecule has 0 saturated carbocycles. The first kappa shape index (κ1) is 15.7. The van der Waals surface area contributed by atoms with Gasteiger partial charge in [-0.3, -0.25) is 15.0 Å². The second-order valence-corrected chi connectivity index (χ2v) is 5.57. The summed E-state index contributed by atoms with van der Waals surface area (Å²) in [6, 6.07) is 3.76. The van der Waals surface area contributed by atoms with E-state index < -0.39 is 10.7 Å². The highest BCUT2D eigenvalue weighted by Crippen LogP contribution is 2.21. The number of hydrogen-bond donors (Lipinski definition) is 1. The standard InChI is InChI=1S/C14H21FN4O2/c1-11(10-18-7-5-17(2)6-8-18)16-14-4-3-12(19(20)21)9-13(14)15/h3-4,9,11,16H,5-8,10H2,1-2H3/t11-/m1/s1. The van der Waals surface area contributed by atoms with Crippen molar-refractivity contribution in [1.29, 1.82) is 0 Å². The number of nitrogens with zero attached hydrogens (tertiary/aromatic N) is 3. The summed E-state index contributed by atoms with van der Waals surface area (Å²) in [5.74, 6) is -0.588. The van der Waals surface area contributed by atoms with E-state index in [-0.39, 0.29) is 11.7 Å². The van der Waals surface area contributed by atoms with Crippen molar-refractivity contribution in [2.75, 3.05) is 45.1 Å². The highest BCUT2D eigenvalue weighted by Gasteiger charge is 2.17. The van der Waals surface area contributed by atoms with Crippen LogP contribution in [0.2, 0.25) is 0 Å². The molecule has 0 unspecified atom stereocenters. The number of anilines is 1. The molecule has 0 bridgehead atoms. The number of nitro benzene ring substituents is 1. The molecule has 1 aromatic carbocycles. The quantitative estimate of drug-likeness (QED) is 0.663. The summed E-state index contributed by atoms with van der Waals surface area (Å²) in [5, 5.41) is 13.7. The minimum absolute atomic E-state index is 0.0735. The Labute approximate surface area is 123 Å². The maximum atomic E-state index is 13.8. The van der Waals surface area contributed by atoms with Crippen molar-refractivity contribution in [3.05, 3.63) is 34.1 Å². The lowest BCUT2D eigenvalue weighted by atomic mass is 10.2. The van der Waals surface area contributed by atoms with Gasteiger partial charge < -0.3 is 10.2 Å². The van der Waals surface area contributed by atoms with Gasteiger partial charge in [-0.25, -0.2) is 4.39 Å². The second-order valence-electron chi connectivity index (χ2n) is 5.57. The summed E-state index contributed by atoms with van der Waals surface area (Å²) >= 11 is 0. The first-order valence-electron chi connectivity index (χ1n) is 7.07. The highest BCUT2D eigenvalue weighted by atomic mass is 19.1. The molecule has 1 N–H and O–H groups in total. The Hall–Kier alpha value is -1.73. The van der Waals surface area contributed by atoms with Gasteiger partial charge >= 0.3 is 0 Å². The molecule has 21 heavy (non-hydrogen) atoms. The number of non-ortho nitro benzene ring substituents is 1. The van der Waals surface area contributed by atoms with Gasteiger partial charge in [0.05, 0.1) is 16.7 Å². The molecule has 1 aliphatic rings. The van der Waals surface area contributed by atoms with Crippen molar-refractivity contribution in [2.45, 2.75) is 13.0 Å². The number of nitrogens with one attached hydrogen (secondary N) is 1.